The molecule has 1 aromatic carbocycles. The van der Waals surface area contributed by atoms with E-state index in [2.05, 4.69) is 0 Å². The highest BCUT2D eigenvalue weighted by molar-refractivity contribution is 6.05. The van der Waals surface area contributed by atoms with E-state index in [1.807, 2.05) is 36.1 Å². The fraction of sp³-hybridized carbons (Fsp3) is 0.400. The summed E-state index contributed by atoms with van der Waals surface area (Å²) in [6.45, 7) is 3.53. The number of furan rings is 1. The molecular weight excluding hydrogens is 240 g/mol. The Hall–Kier alpha value is -1.81. The van der Waals surface area contributed by atoms with Gasteiger partial charge in [0.2, 0.25) is 0 Å². The third-order valence-electron chi connectivity index (χ3n) is 3.97. The molecule has 19 heavy (non-hydrogen) atoms. The number of fused-ring (bicyclic) bond motifs is 1. The predicted molar refractivity (Wildman–Crippen MR) is 73.9 cm³/mol. The first-order valence-electron chi connectivity index (χ1n) is 6.68. The van der Waals surface area contributed by atoms with Crippen LogP contribution in [0.5, 0.6) is 0 Å². The smallest absolute Gasteiger partial charge is 0.257 e. The van der Waals surface area contributed by atoms with Crippen LogP contribution in [0.1, 0.15) is 23.7 Å². The van der Waals surface area contributed by atoms with Gasteiger partial charge in [-0.1, -0.05) is 18.2 Å². The number of likely N-dealkylation sites (tertiary alicyclic amines) is 1. The molecule has 0 aliphatic carbocycles. The summed E-state index contributed by atoms with van der Waals surface area (Å²) in [4.78, 5) is 14.4. The number of amides is 1. The predicted octanol–water partition coefficient (Wildman–Crippen LogP) is 2.24. The Kier molecular flexibility index (Phi) is 3.03. The Labute approximate surface area is 112 Å². The Balaban J connectivity index is 1.85. The first kappa shape index (κ1) is 12.2. The van der Waals surface area contributed by atoms with Crippen LogP contribution in [0.3, 0.4) is 0 Å². The van der Waals surface area contributed by atoms with Gasteiger partial charge in [-0.05, 0) is 25.3 Å². The molecule has 0 radical (unpaired) electrons. The number of hydrogen-bond donors (Lipinski definition) is 1. The zero-order valence-electron chi connectivity index (χ0n) is 11.0. The second kappa shape index (κ2) is 4.70. The molecule has 0 saturated carbocycles. The zero-order chi connectivity index (χ0) is 13.4. The zero-order valence-corrected chi connectivity index (χ0v) is 11.0. The van der Waals surface area contributed by atoms with Crippen molar-refractivity contribution >= 4 is 16.9 Å². The van der Waals surface area contributed by atoms with Crippen LogP contribution in [0.15, 0.2) is 34.9 Å². The third-order valence-corrected chi connectivity index (χ3v) is 3.97. The highest BCUT2D eigenvalue weighted by Crippen LogP contribution is 2.25. The SMILES string of the molecule is CC(N)C1CCN(C(=O)c2coc3ccccc23)C1. The minimum Gasteiger partial charge on any atom is -0.463 e. The summed E-state index contributed by atoms with van der Waals surface area (Å²) in [5.41, 5.74) is 7.32. The number of carbonyl (C=O) groups is 1. The molecule has 100 valence electrons. The van der Waals surface area contributed by atoms with Gasteiger partial charge in [-0.15, -0.1) is 0 Å². The Bertz CT molecular complexity index is 603. The largest absolute Gasteiger partial charge is 0.463 e. The summed E-state index contributed by atoms with van der Waals surface area (Å²) in [6.07, 6.45) is 2.55. The van der Waals surface area contributed by atoms with E-state index in [0.717, 1.165) is 30.5 Å². The van der Waals surface area contributed by atoms with Gasteiger partial charge in [0.25, 0.3) is 5.91 Å². The van der Waals surface area contributed by atoms with Crippen molar-refractivity contribution in [2.45, 2.75) is 19.4 Å². The van der Waals surface area contributed by atoms with Crippen LogP contribution in [-0.2, 0) is 0 Å². The normalized spacial score (nSPS) is 20.9. The molecule has 2 aromatic rings. The van der Waals surface area contributed by atoms with Crippen LogP contribution in [0.25, 0.3) is 11.0 Å². The van der Waals surface area contributed by atoms with Crippen molar-refractivity contribution in [1.82, 2.24) is 4.90 Å². The maximum Gasteiger partial charge on any atom is 0.257 e. The summed E-state index contributed by atoms with van der Waals surface area (Å²) in [7, 11) is 0. The average molecular weight is 258 g/mol. The molecule has 2 atom stereocenters. The van der Waals surface area contributed by atoms with Gasteiger partial charge >= 0.3 is 0 Å². The van der Waals surface area contributed by atoms with Crippen molar-refractivity contribution in [2.24, 2.45) is 11.7 Å². The van der Waals surface area contributed by atoms with Gasteiger partial charge in [-0.25, -0.2) is 0 Å². The monoisotopic (exact) mass is 258 g/mol. The highest BCUT2D eigenvalue weighted by Gasteiger charge is 2.30. The number of rotatable bonds is 2. The lowest BCUT2D eigenvalue weighted by Gasteiger charge is -2.17. The van der Waals surface area contributed by atoms with Crippen LogP contribution >= 0.6 is 0 Å². The first-order chi connectivity index (χ1) is 9.16. The molecule has 2 heterocycles. The van der Waals surface area contributed by atoms with Gasteiger partial charge < -0.3 is 15.1 Å². The van der Waals surface area contributed by atoms with Gasteiger partial charge in [0.05, 0.1) is 5.56 Å². The Morgan fingerprint density at radius 2 is 2.26 bits per heavy atom. The first-order valence-corrected chi connectivity index (χ1v) is 6.68. The van der Waals surface area contributed by atoms with Crippen LogP contribution < -0.4 is 5.73 Å². The van der Waals surface area contributed by atoms with Gasteiger partial charge in [-0.2, -0.15) is 0 Å². The maximum absolute atomic E-state index is 12.5. The molecular formula is C15H18N2O2. The van der Waals surface area contributed by atoms with E-state index in [4.69, 9.17) is 10.2 Å². The van der Waals surface area contributed by atoms with Gasteiger partial charge in [0.1, 0.15) is 11.8 Å². The Morgan fingerprint density at radius 1 is 1.47 bits per heavy atom. The Morgan fingerprint density at radius 3 is 3.00 bits per heavy atom. The molecule has 1 aliphatic rings. The summed E-state index contributed by atoms with van der Waals surface area (Å²) in [5.74, 6) is 0.454. The van der Waals surface area contributed by atoms with Crippen LogP contribution in [-0.4, -0.2) is 29.9 Å². The lowest BCUT2D eigenvalue weighted by molar-refractivity contribution is 0.0787. The van der Waals surface area contributed by atoms with Gasteiger partial charge in [0, 0.05) is 24.5 Å². The minimum atomic E-state index is 0.0492. The summed E-state index contributed by atoms with van der Waals surface area (Å²) in [5, 5.41) is 0.886. The summed E-state index contributed by atoms with van der Waals surface area (Å²) < 4.78 is 5.43. The number of para-hydroxylation sites is 1. The van der Waals surface area contributed by atoms with Crippen molar-refractivity contribution < 1.29 is 9.21 Å². The molecule has 1 aliphatic heterocycles. The van der Waals surface area contributed by atoms with Crippen molar-refractivity contribution in [3.63, 3.8) is 0 Å². The van der Waals surface area contributed by atoms with E-state index < -0.39 is 0 Å². The third kappa shape index (κ3) is 2.12. The van der Waals surface area contributed by atoms with Gasteiger partial charge in [0.15, 0.2) is 0 Å². The second-order valence-corrected chi connectivity index (χ2v) is 5.30. The fourth-order valence-corrected chi connectivity index (χ4v) is 2.71. The minimum absolute atomic E-state index is 0.0492. The topological polar surface area (TPSA) is 59.5 Å². The van der Waals surface area contributed by atoms with Crippen molar-refractivity contribution in [2.75, 3.05) is 13.1 Å². The van der Waals surface area contributed by atoms with Crippen molar-refractivity contribution in [1.29, 1.82) is 0 Å². The van der Waals surface area contributed by atoms with E-state index in [9.17, 15) is 4.79 Å². The number of nitrogens with two attached hydrogens (primary N) is 1. The maximum atomic E-state index is 12.5. The van der Waals surface area contributed by atoms with E-state index in [0.29, 0.717) is 11.5 Å². The second-order valence-electron chi connectivity index (χ2n) is 5.30. The lowest BCUT2D eigenvalue weighted by Crippen LogP contribution is -2.32. The number of carbonyl (C=O) groups excluding carboxylic acids is 1. The standard InChI is InChI=1S/C15H18N2O2/c1-10(16)11-6-7-17(8-11)15(18)13-9-19-14-5-3-2-4-12(13)14/h2-5,9-11H,6-8,16H2,1H3. The number of hydrogen-bond acceptors (Lipinski definition) is 3. The molecule has 2 unspecified atom stereocenters. The van der Waals surface area contributed by atoms with E-state index in [1.165, 1.54) is 0 Å². The summed E-state index contributed by atoms with van der Waals surface area (Å²) in [6, 6.07) is 7.76. The van der Waals surface area contributed by atoms with E-state index in [1.54, 1.807) is 6.26 Å². The fourth-order valence-electron chi connectivity index (χ4n) is 2.71. The highest BCUT2D eigenvalue weighted by atomic mass is 16.3. The molecule has 4 heteroatoms. The number of benzene rings is 1. The molecule has 4 nitrogen and oxygen atoms in total. The van der Waals surface area contributed by atoms with E-state index in [-0.39, 0.29) is 11.9 Å². The molecule has 1 aromatic heterocycles. The number of nitrogens with zero attached hydrogens (tertiary/aromatic N) is 1. The van der Waals surface area contributed by atoms with E-state index >= 15 is 0 Å². The molecule has 1 saturated heterocycles. The molecule has 1 fully saturated rings. The quantitative estimate of drug-likeness (QED) is 0.898. The van der Waals surface area contributed by atoms with Crippen LogP contribution in [0.4, 0.5) is 0 Å². The van der Waals surface area contributed by atoms with Crippen LogP contribution in [0.2, 0.25) is 0 Å². The molecule has 1 amide bonds. The molecule has 0 spiro atoms. The van der Waals surface area contributed by atoms with Crippen LogP contribution in [0, 0.1) is 5.92 Å². The molecule has 3 rings (SSSR count). The van der Waals surface area contributed by atoms with Crippen molar-refractivity contribution in [3.05, 3.63) is 36.1 Å². The molecule has 0 bridgehead atoms. The summed E-state index contributed by atoms with van der Waals surface area (Å²) >= 11 is 0. The lowest BCUT2D eigenvalue weighted by atomic mass is 10.0. The molecule has 2 N–H and O–H groups in total. The van der Waals surface area contributed by atoms with Crippen molar-refractivity contribution in [3.8, 4) is 0 Å². The average Bonchev–Trinajstić information content (AvgIpc) is 3.05. The van der Waals surface area contributed by atoms with Gasteiger partial charge in [-0.3, -0.25) is 4.79 Å².